The molecule has 4 rings (SSSR count). The molecule has 13 heteroatoms. The van der Waals surface area contributed by atoms with E-state index in [0.717, 1.165) is 18.2 Å². The highest BCUT2D eigenvalue weighted by molar-refractivity contribution is 5.99. The van der Waals surface area contributed by atoms with Gasteiger partial charge in [0.05, 0.1) is 17.6 Å². The van der Waals surface area contributed by atoms with Crippen molar-refractivity contribution in [3.05, 3.63) is 64.2 Å². The number of likely N-dealkylation sites (tertiary alicyclic amines) is 1. The van der Waals surface area contributed by atoms with Gasteiger partial charge in [0.25, 0.3) is 0 Å². The van der Waals surface area contributed by atoms with Gasteiger partial charge in [-0.1, -0.05) is 0 Å². The van der Waals surface area contributed by atoms with Crippen LogP contribution in [0.5, 0.6) is 0 Å². The van der Waals surface area contributed by atoms with Gasteiger partial charge < -0.3 is 20.6 Å². The van der Waals surface area contributed by atoms with Crippen molar-refractivity contribution in [3.8, 4) is 0 Å². The Labute approximate surface area is 220 Å². The molecule has 0 saturated carbocycles. The fourth-order valence-corrected chi connectivity index (χ4v) is 5.31. The SMILES string of the molecule is CNC(=O)Nc1cc2c(cc1F)[C@@H](C(=O)N(CC(=O)N1[C@@H](C)CC[C@H]1c1cc(F)c(F)c(F)c1)C(=O)O)CC2. The Kier molecular flexibility index (Phi) is 7.79. The van der Waals surface area contributed by atoms with Gasteiger partial charge in [-0.2, -0.15) is 0 Å². The van der Waals surface area contributed by atoms with E-state index in [2.05, 4.69) is 10.6 Å². The van der Waals surface area contributed by atoms with Crippen molar-refractivity contribution in [3.63, 3.8) is 0 Å². The van der Waals surface area contributed by atoms with Crippen LogP contribution < -0.4 is 10.6 Å². The lowest BCUT2D eigenvalue weighted by Crippen LogP contribution is -2.48. The fourth-order valence-electron chi connectivity index (χ4n) is 5.31. The minimum atomic E-state index is -1.69. The van der Waals surface area contributed by atoms with E-state index in [9.17, 15) is 41.8 Å². The Balaban J connectivity index is 1.56. The Morgan fingerprint density at radius 3 is 2.28 bits per heavy atom. The van der Waals surface area contributed by atoms with Crippen LogP contribution >= 0.6 is 0 Å². The molecule has 1 fully saturated rings. The van der Waals surface area contributed by atoms with Crippen molar-refractivity contribution < 1.29 is 41.8 Å². The molecule has 0 radical (unpaired) electrons. The van der Waals surface area contributed by atoms with Crippen LogP contribution in [-0.2, 0) is 16.0 Å². The average molecular weight is 551 g/mol. The molecule has 0 unspecified atom stereocenters. The molecule has 5 amide bonds. The predicted octanol–water partition coefficient (Wildman–Crippen LogP) is 4.28. The number of carbonyl (C=O) groups excluding carboxylic acids is 3. The first-order valence-corrected chi connectivity index (χ1v) is 12.2. The van der Waals surface area contributed by atoms with Crippen LogP contribution in [0.3, 0.4) is 0 Å². The van der Waals surface area contributed by atoms with Crippen molar-refractivity contribution in [2.75, 3.05) is 18.9 Å². The molecule has 1 aliphatic heterocycles. The van der Waals surface area contributed by atoms with Crippen LogP contribution in [0.4, 0.5) is 32.8 Å². The second-order valence-corrected chi connectivity index (χ2v) is 9.57. The third kappa shape index (κ3) is 5.38. The zero-order valence-electron chi connectivity index (χ0n) is 21.1. The molecule has 2 aromatic carbocycles. The lowest BCUT2D eigenvalue weighted by atomic mass is 9.99. The van der Waals surface area contributed by atoms with Crippen LogP contribution in [-0.4, -0.2) is 58.5 Å². The van der Waals surface area contributed by atoms with Gasteiger partial charge in [0, 0.05) is 13.1 Å². The average Bonchev–Trinajstić information content (AvgIpc) is 3.47. The third-order valence-electron chi connectivity index (χ3n) is 7.22. The number of fused-ring (bicyclic) bond motifs is 1. The summed E-state index contributed by atoms with van der Waals surface area (Å²) in [7, 11) is 1.36. The number of imide groups is 1. The second kappa shape index (κ2) is 10.9. The van der Waals surface area contributed by atoms with E-state index < -0.39 is 71.8 Å². The minimum absolute atomic E-state index is 0.0127. The number of benzene rings is 2. The zero-order chi connectivity index (χ0) is 28.6. The van der Waals surface area contributed by atoms with Gasteiger partial charge in [0.15, 0.2) is 17.5 Å². The van der Waals surface area contributed by atoms with Gasteiger partial charge in [0.2, 0.25) is 11.8 Å². The van der Waals surface area contributed by atoms with Crippen molar-refractivity contribution in [1.29, 1.82) is 0 Å². The number of nitrogens with one attached hydrogen (secondary N) is 2. The molecule has 2 aliphatic rings. The lowest BCUT2D eigenvalue weighted by Gasteiger charge is -2.31. The first-order chi connectivity index (χ1) is 18.4. The largest absolute Gasteiger partial charge is 0.465 e. The van der Waals surface area contributed by atoms with Gasteiger partial charge in [0.1, 0.15) is 12.4 Å². The quantitative estimate of drug-likeness (QED) is 0.379. The van der Waals surface area contributed by atoms with Gasteiger partial charge in [-0.25, -0.2) is 32.1 Å². The highest BCUT2D eigenvalue weighted by Gasteiger charge is 2.40. The van der Waals surface area contributed by atoms with Crippen molar-refractivity contribution in [2.45, 2.75) is 50.6 Å². The second-order valence-electron chi connectivity index (χ2n) is 9.57. The first-order valence-electron chi connectivity index (χ1n) is 12.2. The van der Waals surface area contributed by atoms with E-state index in [-0.39, 0.29) is 23.2 Å². The Bertz CT molecular complexity index is 1330. The number of rotatable bonds is 5. The first kappa shape index (κ1) is 27.9. The normalized spacial score (nSPS) is 19.9. The Morgan fingerprint density at radius 2 is 1.67 bits per heavy atom. The van der Waals surface area contributed by atoms with Crippen LogP contribution in [0.25, 0.3) is 0 Å². The molecule has 3 atom stereocenters. The molecule has 208 valence electrons. The zero-order valence-corrected chi connectivity index (χ0v) is 21.1. The molecule has 1 saturated heterocycles. The van der Waals surface area contributed by atoms with E-state index >= 15 is 0 Å². The summed E-state index contributed by atoms with van der Waals surface area (Å²) in [5.41, 5.74) is 0.711. The maximum Gasteiger partial charge on any atom is 0.414 e. The number of urea groups is 1. The van der Waals surface area contributed by atoms with Crippen molar-refractivity contribution in [1.82, 2.24) is 15.1 Å². The van der Waals surface area contributed by atoms with Gasteiger partial charge in [-0.15, -0.1) is 0 Å². The number of amides is 5. The summed E-state index contributed by atoms with van der Waals surface area (Å²) < 4.78 is 55.9. The van der Waals surface area contributed by atoms with Gasteiger partial charge in [-0.05, 0) is 73.6 Å². The number of hydrogen-bond acceptors (Lipinski definition) is 4. The smallest absolute Gasteiger partial charge is 0.414 e. The molecule has 0 spiro atoms. The standard InChI is InChI=1S/C26H26F4N4O5/c1-12-3-6-21(14-7-18(28)23(30)19(29)8-14)34(12)22(35)11-33(26(38)39)24(36)15-5-4-13-9-20(32-25(37)31-2)17(27)10-16(13)15/h7-10,12,15,21H,3-6,11H2,1-2H3,(H,38,39)(H2,31,32,37)/t12-,15-,21-/m0/s1. The summed E-state index contributed by atoms with van der Waals surface area (Å²) in [5.74, 6) is -8.04. The highest BCUT2D eigenvalue weighted by atomic mass is 19.2. The highest BCUT2D eigenvalue weighted by Crippen LogP contribution is 2.39. The number of anilines is 1. The van der Waals surface area contributed by atoms with Crippen LogP contribution in [0, 0.1) is 23.3 Å². The maximum absolute atomic E-state index is 14.7. The summed E-state index contributed by atoms with van der Waals surface area (Å²) in [6.07, 6.45) is -0.503. The number of aryl methyl sites for hydroxylation is 1. The van der Waals surface area contributed by atoms with Crippen LogP contribution in [0.2, 0.25) is 0 Å². The summed E-state index contributed by atoms with van der Waals surface area (Å²) in [6.45, 7) is 0.799. The number of nitrogens with zero attached hydrogens (tertiary/aromatic N) is 2. The minimum Gasteiger partial charge on any atom is -0.465 e. The Morgan fingerprint density at radius 1 is 1.00 bits per heavy atom. The number of hydrogen-bond donors (Lipinski definition) is 3. The maximum atomic E-state index is 14.7. The summed E-state index contributed by atoms with van der Waals surface area (Å²) in [4.78, 5) is 51.8. The van der Waals surface area contributed by atoms with E-state index in [1.165, 1.54) is 18.0 Å². The number of halogens is 4. The molecular formula is C26H26F4N4O5. The van der Waals surface area contributed by atoms with Crippen LogP contribution in [0.1, 0.15) is 54.8 Å². The summed E-state index contributed by atoms with van der Waals surface area (Å²) in [6, 6.07) is 2.08. The van der Waals surface area contributed by atoms with Crippen molar-refractivity contribution in [2.24, 2.45) is 0 Å². The predicted molar refractivity (Wildman–Crippen MR) is 130 cm³/mol. The fraction of sp³-hybridized carbons (Fsp3) is 0.385. The molecule has 39 heavy (non-hydrogen) atoms. The molecule has 3 N–H and O–H groups in total. The van der Waals surface area contributed by atoms with E-state index in [1.807, 2.05) is 0 Å². The topological polar surface area (TPSA) is 119 Å². The van der Waals surface area contributed by atoms with E-state index in [4.69, 9.17) is 0 Å². The summed E-state index contributed by atoms with van der Waals surface area (Å²) in [5, 5.41) is 14.4. The molecule has 2 aromatic rings. The molecule has 0 aromatic heterocycles. The van der Waals surface area contributed by atoms with E-state index in [1.54, 1.807) is 6.92 Å². The molecular weight excluding hydrogens is 524 g/mol. The number of carbonyl (C=O) groups is 4. The van der Waals surface area contributed by atoms with Gasteiger partial charge in [-0.3, -0.25) is 9.59 Å². The van der Waals surface area contributed by atoms with Gasteiger partial charge >= 0.3 is 12.1 Å². The molecule has 0 bridgehead atoms. The number of carboxylic acid groups (broad SMARTS) is 1. The molecule has 1 heterocycles. The lowest BCUT2D eigenvalue weighted by molar-refractivity contribution is -0.141. The monoisotopic (exact) mass is 550 g/mol. The third-order valence-corrected chi connectivity index (χ3v) is 7.22. The summed E-state index contributed by atoms with van der Waals surface area (Å²) >= 11 is 0. The van der Waals surface area contributed by atoms with Crippen LogP contribution in [0.15, 0.2) is 24.3 Å². The molecule has 9 nitrogen and oxygen atoms in total. The molecule has 1 aliphatic carbocycles. The van der Waals surface area contributed by atoms with E-state index in [0.29, 0.717) is 29.7 Å². The van der Waals surface area contributed by atoms with Crippen molar-refractivity contribution >= 4 is 29.6 Å². The Hall–Kier alpha value is -4.16.